The molecule has 2 atom stereocenters. The monoisotopic (exact) mass is 246 g/mol. The highest BCUT2D eigenvalue weighted by Gasteiger charge is 2.19. The fraction of sp³-hybridized carbons (Fsp3) is 1.00. The second-order valence-electron chi connectivity index (χ2n) is 5.44. The Labute approximate surface area is 107 Å². The molecule has 0 saturated heterocycles. The van der Waals surface area contributed by atoms with E-state index in [0.717, 1.165) is 6.54 Å². The molecule has 0 saturated carbocycles. The number of likely N-dealkylation sites (N-methyl/N-ethyl adjacent to an activating group) is 1. The molecule has 0 aliphatic heterocycles. The zero-order valence-electron chi connectivity index (χ0n) is 12.1. The molecule has 0 amide bonds. The molecule has 0 bridgehead atoms. The first-order chi connectivity index (χ1) is 7.34. The minimum Gasteiger partial charge on any atom is -0.310 e. The van der Waals surface area contributed by atoms with Crippen molar-refractivity contribution >= 4 is 11.8 Å². The fourth-order valence-electron chi connectivity index (χ4n) is 1.49. The summed E-state index contributed by atoms with van der Waals surface area (Å²) in [6.45, 7) is 12.4. The van der Waals surface area contributed by atoms with Gasteiger partial charge in [0.1, 0.15) is 0 Å². The van der Waals surface area contributed by atoms with E-state index in [1.54, 1.807) is 0 Å². The van der Waals surface area contributed by atoms with E-state index in [9.17, 15) is 0 Å². The van der Waals surface area contributed by atoms with Gasteiger partial charge in [-0.1, -0.05) is 6.92 Å². The van der Waals surface area contributed by atoms with Crippen molar-refractivity contribution in [3.05, 3.63) is 0 Å². The second kappa shape index (κ2) is 7.57. The first kappa shape index (κ1) is 16.3. The molecule has 0 spiro atoms. The quantitative estimate of drug-likeness (QED) is 0.709. The fourth-order valence-corrected chi connectivity index (χ4v) is 2.20. The molecule has 2 unspecified atom stereocenters. The lowest BCUT2D eigenvalue weighted by atomic mass is 10.0. The van der Waals surface area contributed by atoms with Crippen molar-refractivity contribution in [2.24, 2.45) is 0 Å². The van der Waals surface area contributed by atoms with Gasteiger partial charge in [-0.2, -0.15) is 11.8 Å². The van der Waals surface area contributed by atoms with E-state index in [0.29, 0.717) is 12.1 Å². The molecule has 16 heavy (non-hydrogen) atoms. The molecule has 0 aromatic rings. The van der Waals surface area contributed by atoms with Crippen LogP contribution in [-0.2, 0) is 0 Å². The zero-order chi connectivity index (χ0) is 12.8. The molecule has 0 aliphatic rings. The summed E-state index contributed by atoms with van der Waals surface area (Å²) in [6, 6.07) is 1.24. The lowest BCUT2D eigenvalue weighted by molar-refractivity contribution is 0.193. The first-order valence-electron chi connectivity index (χ1n) is 6.30. The van der Waals surface area contributed by atoms with Gasteiger partial charge in [-0.25, -0.2) is 0 Å². The summed E-state index contributed by atoms with van der Waals surface area (Å²) in [5.74, 6) is 1.21. The molecule has 1 N–H and O–H groups in total. The maximum atomic E-state index is 3.64. The van der Waals surface area contributed by atoms with Crippen molar-refractivity contribution in [1.29, 1.82) is 0 Å². The van der Waals surface area contributed by atoms with Crippen LogP contribution in [0.4, 0.5) is 0 Å². The molecular weight excluding hydrogens is 216 g/mol. The van der Waals surface area contributed by atoms with Crippen LogP contribution < -0.4 is 5.32 Å². The van der Waals surface area contributed by atoms with Gasteiger partial charge in [-0.05, 0) is 47.4 Å². The van der Waals surface area contributed by atoms with Crippen molar-refractivity contribution in [3.8, 4) is 0 Å². The number of nitrogens with one attached hydrogen (secondary N) is 1. The third-order valence-electron chi connectivity index (χ3n) is 3.56. The predicted molar refractivity (Wildman–Crippen MR) is 77.4 cm³/mol. The van der Waals surface area contributed by atoms with Crippen LogP contribution in [0.25, 0.3) is 0 Å². The summed E-state index contributed by atoms with van der Waals surface area (Å²) in [7, 11) is 2.23. The molecule has 0 aliphatic carbocycles. The van der Waals surface area contributed by atoms with Gasteiger partial charge < -0.3 is 5.32 Å². The average Bonchev–Trinajstić information content (AvgIpc) is 2.25. The summed E-state index contributed by atoms with van der Waals surface area (Å²) in [6.07, 6.45) is 3.34. The molecule has 0 aromatic carbocycles. The van der Waals surface area contributed by atoms with Crippen LogP contribution >= 0.6 is 11.8 Å². The van der Waals surface area contributed by atoms with E-state index >= 15 is 0 Å². The van der Waals surface area contributed by atoms with Crippen LogP contribution in [0.15, 0.2) is 0 Å². The van der Waals surface area contributed by atoms with Gasteiger partial charge >= 0.3 is 0 Å². The minimum atomic E-state index is 0.262. The maximum Gasteiger partial charge on any atom is 0.0192 e. The van der Waals surface area contributed by atoms with Crippen LogP contribution in [0.1, 0.15) is 41.0 Å². The van der Waals surface area contributed by atoms with Crippen molar-refractivity contribution in [2.45, 2.75) is 58.7 Å². The topological polar surface area (TPSA) is 15.3 Å². The van der Waals surface area contributed by atoms with E-state index in [1.807, 2.05) is 11.8 Å². The number of hydrogen-bond donors (Lipinski definition) is 1. The van der Waals surface area contributed by atoms with Gasteiger partial charge in [0.25, 0.3) is 0 Å². The zero-order valence-corrected chi connectivity index (χ0v) is 12.9. The van der Waals surface area contributed by atoms with E-state index in [1.165, 1.54) is 12.2 Å². The number of rotatable bonds is 8. The molecule has 0 rings (SSSR count). The Hall–Kier alpha value is 0.270. The van der Waals surface area contributed by atoms with Gasteiger partial charge in [0.05, 0.1) is 0 Å². The van der Waals surface area contributed by atoms with Crippen molar-refractivity contribution in [1.82, 2.24) is 10.2 Å². The number of nitrogens with zero attached hydrogens (tertiary/aromatic N) is 1. The summed E-state index contributed by atoms with van der Waals surface area (Å²) in [4.78, 5) is 2.47. The van der Waals surface area contributed by atoms with Gasteiger partial charge in [-0.15, -0.1) is 0 Å². The lowest BCUT2D eigenvalue weighted by Crippen LogP contribution is -2.49. The first-order valence-corrected chi connectivity index (χ1v) is 7.69. The molecular formula is C13H30N2S. The van der Waals surface area contributed by atoms with Gasteiger partial charge in [0.2, 0.25) is 0 Å². The van der Waals surface area contributed by atoms with E-state index < -0.39 is 0 Å². The standard InChI is InChI=1S/C13H30N2S/c1-8-13(4,5)14-9-11(2)15(6)12(3)10-16-7/h11-12,14H,8-10H2,1-7H3. The highest BCUT2D eigenvalue weighted by Crippen LogP contribution is 2.10. The number of thioether (sulfide) groups is 1. The Morgan fingerprint density at radius 1 is 1.25 bits per heavy atom. The highest BCUT2D eigenvalue weighted by molar-refractivity contribution is 7.98. The van der Waals surface area contributed by atoms with Gasteiger partial charge in [0, 0.05) is 29.9 Å². The van der Waals surface area contributed by atoms with E-state index in [-0.39, 0.29) is 5.54 Å². The van der Waals surface area contributed by atoms with Crippen molar-refractivity contribution in [2.75, 3.05) is 25.6 Å². The molecule has 0 radical (unpaired) electrons. The summed E-state index contributed by atoms with van der Waals surface area (Å²) < 4.78 is 0. The normalized spacial score (nSPS) is 16.5. The van der Waals surface area contributed by atoms with Crippen LogP contribution in [0.3, 0.4) is 0 Å². The lowest BCUT2D eigenvalue weighted by Gasteiger charge is -2.34. The molecule has 0 fully saturated rings. The van der Waals surface area contributed by atoms with Crippen LogP contribution in [0.2, 0.25) is 0 Å². The predicted octanol–water partition coefficient (Wildman–Crippen LogP) is 2.84. The van der Waals surface area contributed by atoms with Crippen LogP contribution in [0.5, 0.6) is 0 Å². The minimum absolute atomic E-state index is 0.262. The molecule has 0 aromatic heterocycles. The SMILES string of the molecule is CCC(C)(C)NCC(C)N(C)C(C)CSC. The van der Waals surface area contributed by atoms with Gasteiger partial charge in [-0.3, -0.25) is 4.90 Å². The maximum absolute atomic E-state index is 3.64. The molecule has 98 valence electrons. The number of hydrogen-bond acceptors (Lipinski definition) is 3. The smallest absolute Gasteiger partial charge is 0.0192 e. The molecule has 3 heteroatoms. The Kier molecular flexibility index (Phi) is 7.70. The Bertz CT molecular complexity index is 183. The Morgan fingerprint density at radius 2 is 1.81 bits per heavy atom. The van der Waals surface area contributed by atoms with Crippen molar-refractivity contribution in [3.63, 3.8) is 0 Å². The van der Waals surface area contributed by atoms with Gasteiger partial charge in [0.15, 0.2) is 0 Å². The van der Waals surface area contributed by atoms with E-state index in [4.69, 9.17) is 0 Å². The third kappa shape index (κ3) is 6.12. The Morgan fingerprint density at radius 3 is 2.25 bits per heavy atom. The molecule has 2 nitrogen and oxygen atoms in total. The van der Waals surface area contributed by atoms with E-state index in [2.05, 4.69) is 58.1 Å². The van der Waals surface area contributed by atoms with Crippen molar-refractivity contribution < 1.29 is 0 Å². The summed E-state index contributed by atoms with van der Waals surface area (Å²) in [5, 5.41) is 3.64. The second-order valence-corrected chi connectivity index (χ2v) is 6.35. The van der Waals surface area contributed by atoms with Crippen LogP contribution in [0, 0.1) is 0 Å². The third-order valence-corrected chi connectivity index (χ3v) is 4.37. The van der Waals surface area contributed by atoms with Crippen LogP contribution in [-0.4, -0.2) is 48.1 Å². The largest absolute Gasteiger partial charge is 0.310 e. The average molecular weight is 246 g/mol. The molecule has 0 heterocycles. The Balaban J connectivity index is 4.00. The summed E-state index contributed by atoms with van der Waals surface area (Å²) in [5.41, 5.74) is 0.262. The highest BCUT2D eigenvalue weighted by atomic mass is 32.2. The summed E-state index contributed by atoms with van der Waals surface area (Å²) >= 11 is 1.92.